The second-order valence-corrected chi connectivity index (χ2v) is 4.56. The molecule has 76 valence electrons. The van der Waals surface area contributed by atoms with Crippen molar-refractivity contribution in [1.82, 2.24) is 9.78 Å². The molecular weight excluding hydrogens is 198 g/mol. The molecular formula is C10H14ClN3. The predicted octanol–water partition coefficient (Wildman–Crippen LogP) is 2.62. The van der Waals surface area contributed by atoms with E-state index in [1.165, 1.54) is 19.3 Å². The molecule has 4 heteroatoms. The van der Waals surface area contributed by atoms with Gasteiger partial charge in [-0.1, -0.05) is 18.0 Å². The minimum atomic E-state index is 0.627. The van der Waals surface area contributed by atoms with Gasteiger partial charge in [0.15, 0.2) is 0 Å². The van der Waals surface area contributed by atoms with E-state index < -0.39 is 0 Å². The molecule has 0 atom stereocenters. The van der Waals surface area contributed by atoms with E-state index in [-0.39, 0.29) is 0 Å². The summed E-state index contributed by atoms with van der Waals surface area (Å²) in [5.74, 6) is 1.67. The van der Waals surface area contributed by atoms with Gasteiger partial charge in [-0.3, -0.25) is 0 Å². The van der Waals surface area contributed by atoms with Gasteiger partial charge in [-0.2, -0.15) is 5.10 Å². The van der Waals surface area contributed by atoms with Crippen LogP contribution in [0.15, 0.2) is 0 Å². The van der Waals surface area contributed by atoms with Crippen LogP contribution in [0.2, 0.25) is 5.02 Å². The zero-order valence-corrected chi connectivity index (χ0v) is 8.85. The van der Waals surface area contributed by atoms with Crippen LogP contribution in [0, 0.1) is 0 Å². The summed E-state index contributed by atoms with van der Waals surface area (Å²) < 4.78 is 2.03. The number of hydrogen-bond donors (Lipinski definition) is 1. The van der Waals surface area contributed by atoms with E-state index in [9.17, 15) is 0 Å². The lowest BCUT2D eigenvalue weighted by Gasteiger charge is -2.23. The first-order valence-corrected chi connectivity index (χ1v) is 5.74. The van der Waals surface area contributed by atoms with Crippen LogP contribution >= 0.6 is 11.6 Å². The Morgan fingerprint density at radius 2 is 2.21 bits per heavy atom. The molecule has 2 aliphatic rings. The van der Waals surface area contributed by atoms with Crippen molar-refractivity contribution in [2.75, 3.05) is 11.9 Å². The fourth-order valence-electron chi connectivity index (χ4n) is 2.17. The first-order chi connectivity index (χ1) is 6.86. The van der Waals surface area contributed by atoms with Crippen LogP contribution in [-0.2, 0) is 6.54 Å². The summed E-state index contributed by atoms with van der Waals surface area (Å²) in [7, 11) is 0. The highest BCUT2D eigenvalue weighted by Gasteiger charge is 2.28. The van der Waals surface area contributed by atoms with Crippen LogP contribution in [0.25, 0.3) is 0 Å². The first kappa shape index (κ1) is 8.60. The summed E-state index contributed by atoms with van der Waals surface area (Å²) in [6.45, 7) is 2.03. The highest BCUT2D eigenvalue weighted by atomic mass is 35.5. The standard InChI is InChI=1S/C10H14ClN3/c11-8-9(7-3-1-4-7)13-14-6-2-5-12-10(8)14/h7,12H,1-6H2. The Balaban J connectivity index is 2.00. The molecule has 0 radical (unpaired) electrons. The molecule has 14 heavy (non-hydrogen) atoms. The topological polar surface area (TPSA) is 29.9 Å². The van der Waals surface area contributed by atoms with Crippen LogP contribution in [-0.4, -0.2) is 16.3 Å². The summed E-state index contributed by atoms with van der Waals surface area (Å²) >= 11 is 6.30. The molecule has 3 rings (SSSR count). The number of aryl methyl sites for hydroxylation is 1. The molecule has 2 heterocycles. The van der Waals surface area contributed by atoms with Gasteiger partial charge in [0, 0.05) is 19.0 Å². The Kier molecular flexibility index (Phi) is 1.94. The van der Waals surface area contributed by atoms with E-state index >= 15 is 0 Å². The molecule has 1 aliphatic carbocycles. The van der Waals surface area contributed by atoms with Gasteiger partial charge >= 0.3 is 0 Å². The third-order valence-corrected chi connectivity index (χ3v) is 3.62. The van der Waals surface area contributed by atoms with Gasteiger partial charge in [0.1, 0.15) is 10.8 Å². The quantitative estimate of drug-likeness (QED) is 0.774. The van der Waals surface area contributed by atoms with Gasteiger partial charge in [0.05, 0.1) is 5.69 Å². The van der Waals surface area contributed by atoms with E-state index in [1.807, 2.05) is 4.68 Å². The molecule has 0 aromatic carbocycles. The maximum absolute atomic E-state index is 6.30. The van der Waals surface area contributed by atoms with Gasteiger partial charge in [-0.25, -0.2) is 4.68 Å². The number of nitrogens with zero attached hydrogens (tertiary/aromatic N) is 2. The second-order valence-electron chi connectivity index (χ2n) is 4.18. The summed E-state index contributed by atoms with van der Waals surface area (Å²) in [6.07, 6.45) is 5.00. The lowest BCUT2D eigenvalue weighted by atomic mass is 9.83. The van der Waals surface area contributed by atoms with E-state index in [0.29, 0.717) is 5.92 Å². The largest absolute Gasteiger partial charge is 0.369 e. The van der Waals surface area contributed by atoms with E-state index in [4.69, 9.17) is 11.6 Å². The Bertz CT molecular complexity index is 354. The van der Waals surface area contributed by atoms with Gasteiger partial charge in [0.2, 0.25) is 0 Å². The minimum absolute atomic E-state index is 0.627. The second kappa shape index (κ2) is 3.16. The Morgan fingerprint density at radius 3 is 2.86 bits per heavy atom. The molecule has 0 saturated heterocycles. The maximum Gasteiger partial charge on any atom is 0.143 e. The highest BCUT2D eigenvalue weighted by Crippen LogP contribution is 2.41. The van der Waals surface area contributed by atoms with Crippen molar-refractivity contribution in [3.8, 4) is 0 Å². The van der Waals surface area contributed by atoms with Crippen molar-refractivity contribution in [2.24, 2.45) is 0 Å². The van der Waals surface area contributed by atoms with Crippen LogP contribution in [0.3, 0.4) is 0 Å². The molecule has 1 N–H and O–H groups in total. The normalized spacial score (nSPS) is 21.2. The average molecular weight is 212 g/mol. The molecule has 1 saturated carbocycles. The van der Waals surface area contributed by atoms with Crippen molar-refractivity contribution in [3.63, 3.8) is 0 Å². The van der Waals surface area contributed by atoms with Crippen molar-refractivity contribution in [1.29, 1.82) is 0 Å². The van der Waals surface area contributed by atoms with Gasteiger partial charge < -0.3 is 5.32 Å². The Hall–Kier alpha value is -0.700. The van der Waals surface area contributed by atoms with Crippen LogP contribution in [0.4, 0.5) is 5.82 Å². The molecule has 0 amide bonds. The molecule has 0 spiro atoms. The first-order valence-electron chi connectivity index (χ1n) is 5.36. The van der Waals surface area contributed by atoms with Crippen molar-refractivity contribution in [2.45, 2.75) is 38.1 Å². The fourth-order valence-corrected chi connectivity index (χ4v) is 2.52. The van der Waals surface area contributed by atoms with Crippen LogP contribution in [0.1, 0.15) is 37.3 Å². The monoisotopic (exact) mass is 211 g/mol. The van der Waals surface area contributed by atoms with Gasteiger partial charge in [-0.05, 0) is 19.3 Å². The summed E-state index contributed by atoms with van der Waals surface area (Å²) in [4.78, 5) is 0. The van der Waals surface area contributed by atoms with Crippen LogP contribution in [0.5, 0.6) is 0 Å². The smallest absolute Gasteiger partial charge is 0.143 e. The van der Waals surface area contributed by atoms with Gasteiger partial charge in [-0.15, -0.1) is 0 Å². The van der Waals surface area contributed by atoms with E-state index in [2.05, 4.69) is 10.4 Å². The number of fused-ring (bicyclic) bond motifs is 1. The van der Waals surface area contributed by atoms with E-state index in [1.54, 1.807) is 0 Å². The Labute approximate surface area is 88.4 Å². The molecule has 1 fully saturated rings. The summed E-state index contributed by atoms with van der Waals surface area (Å²) in [6, 6.07) is 0. The molecule has 1 aliphatic heterocycles. The highest BCUT2D eigenvalue weighted by molar-refractivity contribution is 6.33. The minimum Gasteiger partial charge on any atom is -0.369 e. The third kappa shape index (κ3) is 1.15. The maximum atomic E-state index is 6.30. The molecule has 3 nitrogen and oxygen atoms in total. The predicted molar refractivity (Wildman–Crippen MR) is 56.9 cm³/mol. The molecule has 0 unspecified atom stereocenters. The van der Waals surface area contributed by atoms with E-state index in [0.717, 1.165) is 36.0 Å². The van der Waals surface area contributed by atoms with Gasteiger partial charge in [0.25, 0.3) is 0 Å². The third-order valence-electron chi connectivity index (χ3n) is 3.25. The molecule has 0 bridgehead atoms. The lowest BCUT2D eigenvalue weighted by molar-refractivity contribution is 0.405. The van der Waals surface area contributed by atoms with Crippen molar-refractivity contribution < 1.29 is 0 Å². The number of halogens is 1. The lowest BCUT2D eigenvalue weighted by Crippen LogP contribution is -2.17. The van der Waals surface area contributed by atoms with Crippen molar-refractivity contribution >= 4 is 17.4 Å². The fraction of sp³-hybridized carbons (Fsp3) is 0.700. The van der Waals surface area contributed by atoms with Crippen molar-refractivity contribution in [3.05, 3.63) is 10.7 Å². The zero-order valence-electron chi connectivity index (χ0n) is 8.09. The number of rotatable bonds is 1. The SMILES string of the molecule is Clc1c(C2CCC2)nn2c1NCCC2. The number of hydrogen-bond acceptors (Lipinski definition) is 2. The Morgan fingerprint density at radius 1 is 1.36 bits per heavy atom. The number of anilines is 1. The average Bonchev–Trinajstić information content (AvgIpc) is 2.43. The summed E-state index contributed by atoms with van der Waals surface area (Å²) in [5.41, 5.74) is 1.13. The number of aromatic nitrogens is 2. The molecule has 1 aromatic heterocycles. The number of nitrogens with one attached hydrogen (secondary N) is 1. The summed E-state index contributed by atoms with van der Waals surface area (Å²) in [5, 5.41) is 8.79. The van der Waals surface area contributed by atoms with Crippen LogP contribution < -0.4 is 5.32 Å². The molecule has 1 aromatic rings. The zero-order chi connectivity index (χ0) is 9.54.